The molecule has 74 valence electrons. The summed E-state index contributed by atoms with van der Waals surface area (Å²) in [6.07, 6.45) is 1.11. The Morgan fingerprint density at radius 1 is 1.50 bits per heavy atom. The number of pyridine rings is 1. The molecule has 1 aliphatic rings. The molecule has 0 aromatic carbocycles. The van der Waals surface area contributed by atoms with Crippen LogP contribution in [0.25, 0.3) is 0 Å². The van der Waals surface area contributed by atoms with Crippen molar-refractivity contribution in [2.75, 3.05) is 18.4 Å². The van der Waals surface area contributed by atoms with E-state index in [-0.39, 0.29) is 6.03 Å². The van der Waals surface area contributed by atoms with Crippen molar-refractivity contribution in [2.24, 2.45) is 0 Å². The molecule has 1 aromatic heterocycles. The van der Waals surface area contributed by atoms with E-state index in [9.17, 15) is 4.79 Å². The maximum Gasteiger partial charge on any atom is 0.323 e. The summed E-state index contributed by atoms with van der Waals surface area (Å²) in [6.45, 7) is 3.62. The van der Waals surface area contributed by atoms with Crippen LogP contribution >= 0.6 is 0 Å². The van der Waals surface area contributed by atoms with Gasteiger partial charge in [0.25, 0.3) is 0 Å². The Balaban J connectivity index is 1.99. The molecule has 1 fully saturated rings. The number of nitrogens with one attached hydrogen (secondary N) is 1. The van der Waals surface area contributed by atoms with Gasteiger partial charge >= 0.3 is 6.03 Å². The molecule has 1 aliphatic heterocycles. The molecule has 0 radical (unpaired) electrons. The summed E-state index contributed by atoms with van der Waals surface area (Å²) in [5.74, 6) is 0.627. The first-order valence-electron chi connectivity index (χ1n) is 4.75. The van der Waals surface area contributed by atoms with Crippen molar-refractivity contribution in [1.29, 1.82) is 0 Å². The zero-order valence-electron chi connectivity index (χ0n) is 8.16. The van der Waals surface area contributed by atoms with Crippen LogP contribution in [0.5, 0.6) is 0 Å². The highest BCUT2D eigenvalue weighted by Gasteiger charge is 2.19. The number of anilines is 1. The van der Waals surface area contributed by atoms with E-state index in [0.29, 0.717) is 5.82 Å². The van der Waals surface area contributed by atoms with Gasteiger partial charge in [0, 0.05) is 18.8 Å². The molecular formula is C10H13N3O. The average molecular weight is 191 g/mol. The number of urea groups is 1. The van der Waals surface area contributed by atoms with Gasteiger partial charge in [0.15, 0.2) is 0 Å². The minimum Gasteiger partial charge on any atom is -0.324 e. The van der Waals surface area contributed by atoms with E-state index in [0.717, 1.165) is 25.2 Å². The van der Waals surface area contributed by atoms with Crippen LogP contribution in [-0.2, 0) is 0 Å². The van der Waals surface area contributed by atoms with Crippen LogP contribution in [0.1, 0.15) is 12.1 Å². The summed E-state index contributed by atoms with van der Waals surface area (Å²) >= 11 is 0. The molecule has 1 aromatic rings. The lowest BCUT2D eigenvalue weighted by Crippen LogP contribution is -2.44. The molecule has 2 amide bonds. The topological polar surface area (TPSA) is 45.2 Å². The molecule has 0 aliphatic carbocycles. The first-order valence-corrected chi connectivity index (χ1v) is 4.75. The van der Waals surface area contributed by atoms with Crippen LogP contribution in [0.15, 0.2) is 18.2 Å². The van der Waals surface area contributed by atoms with Crippen LogP contribution < -0.4 is 5.32 Å². The van der Waals surface area contributed by atoms with Gasteiger partial charge in [0.1, 0.15) is 5.82 Å². The molecule has 0 atom stereocenters. The largest absolute Gasteiger partial charge is 0.324 e. The molecule has 0 unspecified atom stereocenters. The van der Waals surface area contributed by atoms with Crippen LogP contribution in [-0.4, -0.2) is 29.0 Å². The lowest BCUT2D eigenvalue weighted by molar-refractivity contribution is 0.181. The number of likely N-dealkylation sites (tertiary alicyclic amines) is 1. The van der Waals surface area contributed by atoms with E-state index in [1.165, 1.54) is 0 Å². The lowest BCUT2D eigenvalue weighted by Gasteiger charge is -2.30. The molecule has 0 bridgehead atoms. The van der Waals surface area contributed by atoms with Gasteiger partial charge in [-0.05, 0) is 25.5 Å². The fourth-order valence-corrected chi connectivity index (χ4v) is 1.32. The van der Waals surface area contributed by atoms with Crippen LogP contribution in [0.4, 0.5) is 10.6 Å². The van der Waals surface area contributed by atoms with Crippen molar-refractivity contribution in [1.82, 2.24) is 9.88 Å². The van der Waals surface area contributed by atoms with E-state index in [1.807, 2.05) is 19.1 Å². The number of rotatable bonds is 1. The molecule has 2 heterocycles. The maximum atomic E-state index is 11.5. The Labute approximate surface area is 82.9 Å². The van der Waals surface area contributed by atoms with Crippen molar-refractivity contribution >= 4 is 11.8 Å². The highest BCUT2D eigenvalue weighted by Crippen LogP contribution is 2.10. The van der Waals surface area contributed by atoms with Crippen LogP contribution in [0, 0.1) is 6.92 Å². The Kier molecular flexibility index (Phi) is 2.35. The number of aryl methyl sites for hydroxylation is 1. The zero-order chi connectivity index (χ0) is 9.97. The highest BCUT2D eigenvalue weighted by molar-refractivity contribution is 5.88. The molecule has 4 nitrogen and oxygen atoms in total. The second kappa shape index (κ2) is 3.65. The Morgan fingerprint density at radius 2 is 2.29 bits per heavy atom. The van der Waals surface area contributed by atoms with E-state index in [2.05, 4.69) is 10.3 Å². The summed E-state index contributed by atoms with van der Waals surface area (Å²) in [5.41, 5.74) is 0.909. The third-order valence-corrected chi connectivity index (χ3v) is 2.27. The third-order valence-electron chi connectivity index (χ3n) is 2.27. The Bertz CT molecular complexity index is 347. The molecule has 2 rings (SSSR count). The highest BCUT2D eigenvalue weighted by atomic mass is 16.2. The van der Waals surface area contributed by atoms with Crippen molar-refractivity contribution in [3.63, 3.8) is 0 Å². The Hall–Kier alpha value is -1.58. The van der Waals surface area contributed by atoms with Gasteiger partial charge in [-0.3, -0.25) is 5.32 Å². The van der Waals surface area contributed by atoms with Gasteiger partial charge in [-0.2, -0.15) is 0 Å². The minimum atomic E-state index is -0.0469. The monoisotopic (exact) mass is 191 g/mol. The predicted molar refractivity (Wildman–Crippen MR) is 54.2 cm³/mol. The quantitative estimate of drug-likeness (QED) is 0.733. The zero-order valence-corrected chi connectivity index (χ0v) is 8.16. The first-order chi connectivity index (χ1) is 6.75. The van der Waals surface area contributed by atoms with Gasteiger partial charge in [0.2, 0.25) is 0 Å². The summed E-state index contributed by atoms with van der Waals surface area (Å²) in [7, 11) is 0. The number of carbonyl (C=O) groups excluding carboxylic acids is 1. The lowest BCUT2D eigenvalue weighted by atomic mass is 10.2. The standard InChI is InChI=1S/C10H13N3O/c1-8-4-2-5-9(11-8)12-10(14)13-6-3-7-13/h2,4-5H,3,6-7H2,1H3,(H,11,12,14). The fraction of sp³-hybridized carbons (Fsp3) is 0.400. The molecule has 0 spiro atoms. The fourth-order valence-electron chi connectivity index (χ4n) is 1.32. The Morgan fingerprint density at radius 3 is 2.86 bits per heavy atom. The van der Waals surface area contributed by atoms with Gasteiger partial charge in [-0.25, -0.2) is 9.78 Å². The van der Waals surface area contributed by atoms with E-state index >= 15 is 0 Å². The van der Waals surface area contributed by atoms with Crippen molar-refractivity contribution in [3.8, 4) is 0 Å². The van der Waals surface area contributed by atoms with Crippen LogP contribution in [0.2, 0.25) is 0 Å². The average Bonchev–Trinajstić information content (AvgIpc) is 1.99. The van der Waals surface area contributed by atoms with Gasteiger partial charge < -0.3 is 4.90 Å². The molecule has 14 heavy (non-hydrogen) atoms. The van der Waals surface area contributed by atoms with Crippen molar-refractivity contribution < 1.29 is 4.79 Å². The molecule has 4 heteroatoms. The normalized spacial score (nSPS) is 14.8. The van der Waals surface area contributed by atoms with E-state index in [1.54, 1.807) is 11.0 Å². The van der Waals surface area contributed by atoms with Crippen molar-refractivity contribution in [3.05, 3.63) is 23.9 Å². The second-order valence-electron chi connectivity index (χ2n) is 3.43. The van der Waals surface area contributed by atoms with Gasteiger partial charge in [-0.1, -0.05) is 6.07 Å². The third kappa shape index (κ3) is 1.84. The number of hydrogen-bond acceptors (Lipinski definition) is 2. The number of aromatic nitrogens is 1. The maximum absolute atomic E-state index is 11.5. The van der Waals surface area contributed by atoms with E-state index in [4.69, 9.17) is 0 Å². The number of amides is 2. The number of nitrogens with zero attached hydrogens (tertiary/aromatic N) is 2. The molecule has 0 saturated carbocycles. The predicted octanol–water partition coefficient (Wildman–Crippen LogP) is 1.63. The summed E-state index contributed by atoms with van der Waals surface area (Å²) in [4.78, 5) is 17.4. The first kappa shape index (κ1) is 8.99. The molecular weight excluding hydrogens is 178 g/mol. The van der Waals surface area contributed by atoms with Crippen LogP contribution in [0.3, 0.4) is 0 Å². The smallest absolute Gasteiger partial charge is 0.323 e. The minimum absolute atomic E-state index is 0.0469. The summed E-state index contributed by atoms with van der Waals surface area (Å²) in [5, 5.41) is 2.76. The molecule has 1 saturated heterocycles. The van der Waals surface area contributed by atoms with Crippen molar-refractivity contribution in [2.45, 2.75) is 13.3 Å². The molecule has 1 N–H and O–H groups in total. The summed E-state index contributed by atoms with van der Waals surface area (Å²) < 4.78 is 0. The number of carbonyl (C=O) groups is 1. The SMILES string of the molecule is Cc1cccc(NC(=O)N2CCC2)n1. The summed E-state index contributed by atoms with van der Waals surface area (Å²) in [6, 6.07) is 5.53. The van der Waals surface area contributed by atoms with Gasteiger partial charge in [-0.15, -0.1) is 0 Å². The van der Waals surface area contributed by atoms with E-state index < -0.39 is 0 Å². The number of hydrogen-bond donors (Lipinski definition) is 1. The van der Waals surface area contributed by atoms with Gasteiger partial charge in [0.05, 0.1) is 0 Å². The second-order valence-corrected chi connectivity index (χ2v) is 3.43.